The Kier molecular flexibility index (Phi) is 5.70. The fourth-order valence-corrected chi connectivity index (χ4v) is 4.18. The van der Waals surface area contributed by atoms with E-state index in [1.54, 1.807) is 24.3 Å². The van der Waals surface area contributed by atoms with Gasteiger partial charge in [0, 0.05) is 30.9 Å². The smallest absolute Gasteiger partial charge is 0.384 e. The molecule has 0 spiro atoms. The summed E-state index contributed by atoms with van der Waals surface area (Å²) in [4.78, 5) is 30.8. The number of likely N-dealkylation sites (N-methyl/N-ethyl adjacent to an activating group) is 1. The van der Waals surface area contributed by atoms with E-state index in [-0.39, 0.29) is 31.0 Å². The summed E-state index contributed by atoms with van der Waals surface area (Å²) in [6.45, 7) is 0.619. The van der Waals surface area contributed by atoms with Crippen LogP contribution in [-0.2, 0) is 16.8 Å². The predicted molar refractivity (Wildman–Crippen MR) is 115 cm³/mol. The summed E-state index contributed by atoms with van der Waals surface area (Å²) in [5, 5.41) is 5.27. The molecule has 0 aliphatic carbocycles. The largest absolute Gasteiger partial charge is 0.406 e. The molecule has 4 rings (SSSR count). The average molecular weight is 478 g/mol. The number of nitrogens with two attached hydrogens (primary N) is 1. The Hall–Kier alpha value is -3.70. The number of hydrogen-bond acceptors (Lipinski definition) is 5. The first-order valence-corrected chi connectivity index (χ1v) is 10.3. The maximum absolute atomic E-state index is 14.1. The van der Waals surface area contributed by atoms with Gasteiger partial charge in [-0.25, -0.2) is 9.37 Å². The van der Waals surface area contributed by atoms with E-state index < -0.39 is 35.8 Å². The number of fused-ring (bicyclic) bond motifs is 1. The lowest BCUT2D eigenvalue weighted by atomic mass is 9.77. The summed E-state index contributed by atoms with van der Waals surface area (Å²) in [5.74, 6) is -2.02. The number of alkyl halides is 3. The van der Waals surface area contributed by atoms with E-state index in [1.165, 1.54) is 15.6 Å². The van der Waals surface area contributed by atoms with Gasteiger partial charge in [-0.3, -0.25) is 14.3 Å². The van der Waals surface area contributed by atoms with E-state index in [0.717, 1.165) is 18.6 Å². The normalized spacial score (nSPS) is 15.3. The fraction of sp³-hybridized carbons (Fsp3) is 0.364. The number of anilines is 1. The zero-order valence-electron chi connectivity index (χ0n) is 18.4. The van der Waals surface area contributed by atoms with Crippen LogP contribution in [-0.4, -0.2) is 69.2 Å². The molecule has 3 heterocycles. The van der Waals surface area contributed by atoms with Crippen molar-refractivity contribution in [3.63, 3.8) is 0 Å². The van der Waals surface area contributed by atoms with Crippen LogP contribution in [0.2, 0.25) is 0 Å². The minimum absolute atomic E-state index is 0.0259. The Labute approximate surface area is 191 Å². The van der Waals surface area contributed by atoms with Gasteiger partial charge in [0.25, 0.3) is 5.91 Å². The predicted octanol–water partition coefficient (Wildman–Crippen LogP) is 2.59. The fourth-order valence-electron chi connectivity index (χ4n) is 4.18. The molecule has 1 fully saturated rings. The Morgan fingerprint density at radius 2 is 1.91 bits per heavy atom. The van der Waals surface area contributed by atoms with E-state index in [4.69, 9.17) is 5.73 Å². The molecule has 1 aromatic carbocycles. The highest BCUT2D eigenvalue weighted by Gasteiger charge is 2.46. The molecule has 12 heteroatoms. The summed E-state index contributed by atoms with van der Waals surface area (Å²) in [5.41, 5.74) is 5.99. The molecule has 180 valence electrons. The van der Waals surface area contributed by atoms with E-state index >= 15 is 0 Å². The van der Waals surface area contributed by atoms with E-state index in [0.29, 0.717) is 16.1 Å². The molecule has 2 amide bonds. The highest BCUT2D eigenvalue weighted by molar-refractivity contribution is 5.96. The van der Waals surface area contributed by atoms with Gasteiger partial charge in [-0.15, -0.1) is 0 Å². The van der Waals surface area contributed by atoms with Gasteiger partial charge < -0.3 is 15.5 Å². The third-order valence-electron chi connectivity index (χ3n) is 5.83. The van der Waals surface area contributed by atoms with Gasteiger partial charge in [0.05, 0.1) is 23.0 Å². The summed E-state index contributed by atoms with van der Waals surface area (Å²) < 4.78 is 53.4. The molecule has 3 aromatic rings. The standard InChI is InChI=1S/C22H22F4N6O2/c1-21(10-31(11-21)20(34)14-7-17(27)28-8-15(14)23)19-13-5-3-4-6-16(13)32(29-19)9-18(33)30(2)12-22(24,25)26/h3-8H,9-12H2,1-2H3,(H2,27,28). The number of para-hydroxylation sites is 1. The third-order valence-corrected chi connectivity index (χ3v) is 5.83. The Balaban J connectivity index is 1.57. The number of hydrogen-bond donors (Lipinski definition) is 1. The van der Waals surface area contributed by atoms with Gasteiger partial charge in [0.2, 0.25) is 5.91 Å². The number of pyridine rings is 1. The molecule has 1 aliphatic rings. The number of benzene rings is 1. The van der Waals surface area contributed by atoms with Crippen molar-refractivity contribution in [2.24, 2.45) is 0 Å². The van der Waals surface area contributed by atoms with Crippen molar-refractivity contribution in [3.05, 3.63) is 53.6 Å². The Morgan fingerprint density at radius 1 is 1.24 bits per heavy atom. The topological polar surface area (TPSA) is 97.4 Å². The van der Waals surface area contributed by atoms with E-state index in [9.17, 15) is 27.2 Å². The lowest BCUT2D eigenvalue weighted by Gasteiger charge is -2.47. The molecule has 0 saturated carbocycles. The number of carbonyl (C=O) groups excluding carboxylic acids is 2. The van der Waals surface area contributed by atoms with Crippen molar-refractivity contribution in [1.29, 1.82) is 0 Å². The van der Waals surface area contributed by atoms with Crippen molar-refractivity contribution >= 4 is 28.5 Å². The van der Waals surface area contributed by atoms with Crippen molar-refractivity contribution < 1.29 is 27.2 Å². The molecule has 8 nitrogen and oxygen atoms in total. The van der Waals surface area contributed by atoms with Crippen molar-refractivity contribution in [1.82, 2.24) is 24.6 Å². The second-order valence-corrected chi connectivity index (χ2v) is 8.70. The summed E-state index contributed by atoms with van der Waals surface area (Å²) in [7, 11) is 1.09. The van der Waals surface area contributed by atoms with Crippen LogP contribution in [0.5, 0.6) is 0 Å². The number of nitrogens with zero attached hydrogens (tertiary/aromatic N) is 5. The van der Waals surface area contributed by atoms with Gasteiger partial charge >= 0.3 is 6.18 Å². The molecule has 0 unspecified atom stereocenters. The molecule has 0 atom stereocenters. The number of nitrogen functional groups attached to an aromatic ring is 1. The molecule has 1 saturated heterocycles. The SMILES string of the molecule is CN(CC(F)(F)F)C(=O)Cn1nc(C2(C)CN(C(=O)c3cc(N)ncc3F)C2)c2ccccc21. The zero-order valence-corrected chi connectivity index (χ0v) is 18.4. The number of aromatic nitrogens is 3. The van der Waals surface area contributed by atoms with Gasteiger partial charge in [-0.1, -0.05) is 25.1 Å². The van der Waals surface area contributed by atoms with Crippen molar-refractivity contribution in [2.75, 3.05) is 32.4 Å². The molecule has 0 bridgehead atoms. The van der Waals surface area contributed by atoms with Gasteiger partial charge in [-0.05, 0) is 12.1 Å². The quantitative estimate of drug-likeness (QED) is 0.569. The molecular weight excluding hydrogens is 456 g/mol. The first-order chi connectivity index (χ1) is 15.9. The van der Waals surface area contributed by atoms with E-state index in [2.05, 4.69) is 10.1 Å². The summed E-state index contributed by atoms with van der Waals surface area (Å²) in [6, 6.07) is 8.24. The lowest BCUT2D eigenvalue weighted by molar-refractivity contribution is -0.158. The minimum atomic E-state index is -4.50. The van der Waals surface area contributed by atoms with Crippen LogP contribution in [0.25, 0.3) is 10.9 Å². The number of rotatable bonds is 5. The number of halogens is 4. The zero-order chi connectivity index (χ0) is 24.8. The first kappa shape index (κ1) is 23.5. The molecule has 1 aliphatic heterocycles. The highest BCUT2D eigenvalue weighted by Crippen LogP contribution is 2.38. The van der Waals surface area contributed by atoms with Gasteiger partial charge in [-0.2, -0.15) is 18.3 Å². The van der Waals surface area contributed by atoms with Crippen LogP contribution >= 0.6 is 0 Å². The Morgan fingerprint density at radius 3 is 2.59 bits per heavy atom. The molecule has 2 aromatic heterocycles. The maximum Gasteiger partial charge on any atom is 0.406 e. The van der Waals surface area contributed by atoms with E-state index in [1.807, 2.05) is 6.92 Å². The van der Waals surface area contributed by atoms with Crippen LogP contribution in [0.15, 0.2) is 36.5 Å². The second kappa shape index (κ2) is 8.26. The third kappa shape index (κ3) is 4.39. The summed E-state index contributed by atoms with van der Waals surface area (Å²) in [6.07, 6.45) is -3.61. The number of amides is 2. The average Bonchev–Trinajstić information content (AvgIpc) is 3.10. The first-order valence-electron chi connectivity index (χ1n) is 10.3. The molecule has 34 heavy (non-hydrogen) atoms. The second-order valence-electron chi connectivity index (χ2n) is 8.70. The Bertz CT molecular complexity index is 1270. The van der Waals surface area contributed by atoms with Crippen LogP contribution in [0.3, 0.4) is 0 Å². The lowest BCUT2D eigenvalue weighted by Crippen LogP contribution is -2.60. The van der Waals surface area contributed by atoms with Crippen molar-refractivity contribution in [3.8, 4) is 0 Å². The highest BCUT2D eigenvalue weighted by atomic mass is 19.4. The van der Waals surface area contributed by atoms with Crippen LogP contribution in [0.4, 0.5) is 23.4 Å². The number of likely N-dealkylation sites (tertiary alicyclic amines) is 1. The minimum Gasteiger partial charge on any atom is -0.384 e. The van der Waals surface area contributed by atoms with Crippen molar-refractivity contribution in [2.45, 2.75) is 25.1 Å². The summed E-state index contributed by atoms with van der Waals surface area (Å²) >= 11 is 0. The van der Waals surface area contributed by atoms with Crippen LogP contribution < -0.4 is 5.73 Å². The molecule has 0 radical (unpaired) electrons. The maximum atomic E-state index is 14.1. The van der Waals surface area contributed by atoms with Gasteiger partial charge in [0.15, 0.2) is 5.82 Å². The molecular formula is C22H22F4N6O2. The monoisotopic (exact) mass is 478 g/mol. The number of carbonyl (C=O) groups is 2. The van der Waals surface area contributed by atoms with Crippen LogP contribution in [0.1, 0.15) is 23.0 Å². The molecule has 2 N–H and O–H groups in total. The van der Waals surface area contributed by atoms with Crippen LogP contribution in [0, 0.1) is 5.82 Å². The van der Waals surface area contributed by atoms with Gasteiger partial charge in [0.1, 0.15) is 18.9 Å².